The highest BCUT2D eigenvalue weighted by Gasteiger charge is 2.23. The Morgan fingerprint density at radius 2 is 1.79 bits per heavy atom. The Morgan fingerprint density at radius 3 is 2.54 bits per heavy atom. The van der Waals surface area contributed by atoms with Gasteiger partial charge in [0.1, 0.15) is 17.6 Å². The van der Waals surface area contributed by atoms with Gasteiger partial charge in [-0.2, -0.15) is 0 Å². The van der Waals surface area contributed by atoms with Gasteiger partial charge in [0.2, 0.25) is 0 Å². The summed E-state index contributed by atoms with van der Waals surface area (Å²) >= 11 is 5.93. The summed E-state index contributed by atoms with van der Waals surface area (Å²) < 4.78 is 9.41. The lowest BCUT2D eigenvalue weighted by Gasteiger charge is -2.25. The number of carbonyl (C=O) groups excluding carboxylic acids is 1. The molecule has 1 saturated heterocycles. The van der Waals surface area contributed by atoms with Crippen LogP contribution >= 0.6 is 11.6 Å². The minimum Gasteiger partial charge on any atom is -0.379 e. The van der Waals surface area contributed by atoms with E-state index < -0.39 is 0 Å². The average Bonchev–Trinajstić information content (AvgIpc) is 2.99. The summed E-state index contributed by atoms with van der Waals surface area (Å²) in [6, 6.07) is 15.0. The van der Waals surface area contributed by atoms with Crippen LogP contribution in [0.25, 0.3) is 11.0 Å². The van der Waals surface area contributed by atoms with Crippen molar-refractivity contribution < 1.29 is 14.1 Å². The molecule has 1 aromatic heterocycles. The molecule has 3 aromatic rings. The molecule has 0 saturated carbocycles. The fraction of sp³-hybridized carbons (Fsp3) is 0.333. The van der Waals surface area contributed by atoms with Gasteiger partial charge in [-0.1, -0.05) is 23.7 Å². The molecule has 0 spiro atoms. The summed E-state index contributed by atoms with van der Waals surface area (Å²) in [5, 5.41) is 0.614. The third kappa shape index (κ3) is 3.90. The number of carbonyl (C=O) groups is 1. The smallest absolute Gasteiger partial charge is 0.356 e. The van der Waals surface area contributed by atoms with E-state index in [-0.39, 0.29) is 12.3 Å². The summed E-state index contributed by atoms with van der Waals surface area (Å²) in [6.45, 7) is 5.29. The van der Waals surface area contributed by atoms with Crippen LogP contribution in [0.3, 0.4) is 0 Å². The molecule has 1 fully saturated rings. The van der Waals surface area contributed by atoms with Gasteiger partial charge in [0.05, 0.1) is 19.8 Å². The first-order valence-electron chi connectivity index (χ1n) is 9.49. The fourth-order valence-corrected chi connectivity index (χ4v) is 3.78. The summed E-state index contributed by atoms with van der Waals surface area (Å²) in [5.41, 5.74) is 9.12. The van der Waals surface area contributed by atoms with Gasteiger partial charge in [-0.25, -0.2) is 9.13 Å². The van der Waals surface area contributed by atoms with Crippen molar-refractivity contribution in [2.75, 3.05) is 38.6 Å². The number of hydrogen-bond acceptors (Lipinski definition) is 4. The van der Waals surface area contributed by atoms with E-state index in [9.17, 15) is 4.79 Å². The number of nitrogens with zero attached hydrogens (tertiary/aromatic N) is 3. The van der Waals surface area contributed by atoms with Crippen molar-refractivity contribution in [2.45, 2.75) is 13.1 Å². The maximum absolute atomic E-state index is 12.8. The Morgan fingerprint density at radius 1 is 1.07 bits per heavy atom. The van der Waals surface area contributed by atoms with Gasteiger partial charge in [0.15, 0.2) is 5.78 Å². The molecule has 0 unspecified atom stereocenters. The number of ketones is 1. The molecule has 0 atom stereocenters. The summed E-state index contributed by atoms with van der Waals surface area (Å²) in [5.74, 6) is 0.598. The number of nitrogens with two attached hydrogens (primary N) is 1. The maximum Gasteiger partial charge on any atom is 0.356 e. The van der Waals surface area contributed by atoms with E-state index in [1.807, 2.05) is 28.8 Å². The third-order valence-electron chi connectivity index (χ3n) is 5.23. The number of rotatable bonds is 6. The molecule has 0 aliphatic carbocycles. The van der Waals surface area contributed by atoms with Gasteiger partial charge in [-0.3, -0.25) is 15.4 Å². The van der Waals surface area contributed by atoms with Crippen LogP contribution in [0.15, 0.2) is 48.5 Å². The number of halogens is 1. The average molecular weight is 400 g/mol. The number of benzene rings is 2. The molecule has 0 amide bonds. The number of imidazole rings is 1. The number of fused-ring (bicyclic) bond motifs is 1. The molecule has 0 radical (unpaired) electrons. The lowest BCUT2D eigenvalue weighted by molar-refractivity contribution is -0.642. The number of anilines is 1. The van der Waals surface area contributed by atoms with Crippen molar-refractivity contribution in [3.8, 4) is 0 Å². The minimum atomic E-state index is 0.00412. The van der Waals surface area contributed by atoms with E-state index in [0.717, 1.165) is 50.4 Å². The molecule has 2 N–H and O–H groups in total. The molecule has 4 rings (SSSR count). The highest BCUT2D eigenvalue weighted by atomic mass is 35.5. The lowest BCUT2D eigenvalue weighted by Crippen LogP contribution is -2.41. The van der Waals surface area contributed by atoms with Crippen molar-refractivity contribution in [2.24, 2.45) is 0 Å². The third-order valence-corrected chi connectivity index (χ3v) is 5.48. The number of morpholine rings is 1. The Balaban J connectivity index is 1.60. The second-order valence-corrected chi connectivity index (χ2v) is 7.41. The van der Waals surface area contributed by atoms with E-state index in [1.54, 1.807) is 24.3 Å². The highest BCUT2D eigenvalue weighted by molar-refractivity contribution is 6.30. The van der Waals surface area contributed by atoms with Gasteiger partial charge in [-0.15, -0.1) is 0 Å². The number of hydrogen-bond donors (Lipinski definition) is 1. The maximum atomic E-state index is 12.8. The molecule has 2 aromatic carbocycles. The number of para-hydroxylation sites is 2. The Kier molecular flexibility index (Phi) is 5.62. The van der Waals surface area contributed by atoms with Crippen molar-refractivity contribution in [3.63, 3.8) is 0 Å². The number of ether oxygens (including phenoxy) is 1. The lowest BCUT2D eigenvalue weighted by atomic mass is 10.1. The van der Waals surface area contributed by atoms with E-state index >= 15 is 0 Å². The van der Waals surface area contributed by atoms with Crippen molar-refractivity contribution in [1.82, 2.24) is 9.47 Å². The molecule has 7 heteroatoms. The summed E-state index contributed by atoms with van der Waals surface area (Å²) in [7, 11) is 0. The van der Waals surface area contributed by atoms with Crippen molar-refractivity contribution in [1.29, 1.82) is 0 Å². The van der Waals surface area contributed by atoms with Crippen LogP contribution in [0.1, 0.15) is 10.4 Å². The Labute approximate surface area is 169 Å². The number of Topliss-reactive ketones (excluding diaryl/α,β-unsaturated/α-hetero) is 1. The van der Waals surface area contributed by atoms with Gasteiger partial charge < -0.3 is 4.74 Å². The van der Waals surface area contributed by atoms with Gasteiger partial charge in [-0.05, 0) is 36.4 Å². The zero-order valence-electron chi connectivity index (χ0n) is 15.7. The summed E-state index contributed by atoms with van der Waals surface area (Å²) in [4.78, 5) is 15.2. The standard InChI is InChI=1S/C21H23ClN4O2/c22-17-7-5-16(6-8-17)20(27)15-26-19-4-2-1-3-18(19)25(21(26)23)10-9-24-11-13-28-14-12-24/h1-8,23H,9-15H2/p+1. The highest BCUT2D eigenvalue weighted by Crippen LogP contribution is 2.17. The zero-order valence-corrected chi connectivity index (χ0v) is 16.4. The Hall–Kier alpha value is -2.41. The monoisotopic (exact) mass is 399 g/mol. The van der Waals surface area contributed by atoms with Crippen LogP contribution in [0.5, 0.6) is 0 Å². The van der Waals surface area contributed by atoms with Crippen molar-refractivity contribution in [3.05, 3.63) is 59.1 Å². The van der Waals surface area contributed by atoms with Crippen LogP contribution in [0.2, 0.25) is 5.02 Å². The van der Waals surface area contributed by atoms with Crippen LogP contribution in [-0.4, -0.2) is 48.1 Å². The van der Waals surface area contributed by atoms with E-state index in [0.29, 0.717) is 16.5 Å². The van der Waals surface area contributed by atoms with Crippen LogP contribution in [-0.2, 0) is 17.8 Å². The van der Waals surface area contributed by atoms with Crippen molar-refractivity contribution >= 4 is 34.4 Å². The molecule has 28 heavy (non-hydrogen) atoms. The molecule has 0 bridgehead atoms. The van der Waals surface area contributed by atoms with E-state index in [4.69, 9.17) is 22.1 Å². The predicted octanol–water partition coefficient (Wildman–Crippen LogP) is 2.38. The second kappa shape index (κ2) is 8.31. The van der Waals surface area contributed by atoms with Gasteiger partial charge in [0, 0.05) is 30.2 Å². The van der Waals surface area contributed by atoms with Crippen LogP contribution < -0.4 is 10.3 Å². The quantitative estimate of drug-likeness (QED) is 0.510. The topological polar surface area (TPSA) is 64.4 Å². The molecule has 146 valence electrons. The molecule has 1 aliphatic rings. The largest absolute Gasteiger partial charge is 0.379 e. The predicted molar refractivity (Wildman–Crippen MR) is 110 cm³/mol. The fourth-order valence-electron chi connectivity index (χ4n) is 3.65. The van der Waals surface area contributed by atoms with E-state index in [1.165, 1.54) is 0 Å². The molecular formula is C21H24ClN4O2+. The Bertz CT molecular complexity index is 978. The molecular weight excluding hydrogens is 376 g/mol. The van der Waals surface area contributed by atoms with Gasteiger partial charge in [0.25, 0.3) is 0 Å². The second-order valence-electron chi connectivity index (χ2n) is 6.97. The molecule has 2 heterocycles. The zero-order chi connectivity index (χ0) is 19.5. The number of nitrogen functional groups attached to an aromatic ring is 1. The van der Waals surface area contributed by atoms with Gasteiger partial charge >= 0.3 is 5.95 Å². The van der Waals surface area contributed by atoms with Crippen LogP contribution in [0, 0.1) is 0 Å². The van der Waals surface area contributed by atoms with Crippen LogP contribution in [0.4, 0.5) is 5.95 Å². The SMILES string of the molecule is Nc1n(CCN2CCOCC2)c2ccccc2[n+]1CC(=O)c1ccc(Cl)cc1. The summed E-state index contributed by atoms with van der Waals surface area (Å²) in [6.07, 6.45) is 0. The molecule has 1 aliphatic heterocycles. The normalized spacial score (nSPS) is 15.2. The van der Waals surface area contributed by atoms with E-state index in [2.05, 4.69) is 9.47 Å². The first-order valence-corrected chi connectivity index (χ1v) is 9.86. The first-order chi connectivity index (χ1) is 13.6. The first kappa shape index (κ1) is 18.9. The molecule has 6 nitrogen and oxygen atoms in total. The number of aromatic nitrogens is 2. The minimum absolute atomic E-state index is 0.00412.